The molecule has 2 fully saturated rings. The first-order chi connectivity index (χ1) is 18.4. The summed E-state index contributed by atoms with van der Waals surface area (Å²) in [6, 6.07) is 9.17. The highest BCUT2D eigenvalue weighted by molar-refractivity contribution is 5.77. The SMILES string of the molecule is CC(C)(C)CC(=O)N1CCN(c2cc(OC3CCC(Nc4ccc(C#N)c(C(F)(F)F)c4)CC3)ccn2)CC1. The third kappa shape index (κ3) is 7.78. The van der Waals surface area contributed by atoms with Gasteiger partial charge >= 0.3 is 6.18 Å². The van der Waals surface area contributed by atoms with Gasteiger partial charge in [-0.1, -0.05) is 20.8 Å². The second-order valence-corrected chi connectivity index (χ2v) is 11.6. The lowest BCUT2D eigenvalue weighted by Gasteiger charge is -2.36. The van der Waals surface area contributed by atoms with Crippen molar-refractivity contribution in [2.75, 3.05) is 36.4 Å². The summed E-state index contributed by atoms with van der Waals surface area (Å²) in [5.41, 5.74) is -0.961. The Hall–Kier alpha value is -3.48. The number of aromatic nitrogens is 1. The fourth-order valence-corrected chi connectivity index (χ4v) is 5.12. The molecule has 1 saturated carbocycles. The first-order valence-corrected chi connectivity index (χ1v) is 13.4. The van der Waals surface area contributed by atoms with E-state index in [1.165, 1.54) is 12.1 Å². The molecule has 0 atom stereocenters. The predicted octanol–water partition coefficient (Wildman–Crippen LogP) is 5.86. The molecular formula is C29H36F3N5O2. The number of pyridine rings is 1. The number of rotatable bonds is 6. The lowest BCUT2D eigenvalue weighted by molar-refractivity contribution is -0.137. The van der Waals surface area contributed by atoms with E-state index in [1.54, 1.807) is 12.3 Å². The van der Waals surface area contributed by atoms with Crippen LogP contribution in [0.15, 0.2) is 36.5 Å². The molecule has 0 radical (unpaired) electrons. The molecule has 1 aromatic carbocycles. The van der Waals surface area contributed by atoms with Gasteiger partial charge in [-0.25, -0.2) is 4.98 Å². The van der Waals surface area contributed by atoms with Gasteiger partial charge in [-0.3, -0.25) is 4.79 Å². The van der Waals surface area contributed by atoms with Crippen molar-refractivity contribution in [3.63, 3.8) is 0 Å². The number of nitrogens with one attached hydrogen (secondary N) is 1. The molecule has 2 heterocycles. The summed E-state index contributed by atoms with van der Waals surface area (Å²) in [7, 11) is 0. The van der Waals surface area contributed by atoms with E-state index in [4.69, 9.17) is 10.00 Å². The van der Waals surface area contributed by atoms with E-state index in [1.807, 2.05) is 17.0 Å². The van der Waals surface area contributed by atoms with Gasteiger partial charge in [0.15, 0.2) is 0 Å². The molecule has 1 aromatic heterocycles. The quantitative estimate of drug-likeness (QED) is 0.492. The number of alkyl halides is 3. The van der Waals surface area contributed by atoms with Crippen molar-refractivity contribution >= 4 is 17.4 Å². The van der Waals surface area contributed by atoms with Gasteiger partial charge < -0.3 is 19.9 Å². The number of hydrogen-bond donors (Lipinski definition) is 1. The largest absolute Gasteiger partial charge is 0.490 e. The number of halogens is 3. The van der Waals surface area contributed by atoms with Crippen molar-refractivity contribution in [3.05, 3.63) is 47.7 Å². The monoisotopic (exact) mass is 543 g/mol. The molecule has 1 aliphatic heterocycles. The highest BCUT2D eigenvalue weighted by atomic mass is 19.4. The lowest BCUT2D eigenvalue weighted by Crippen LogP contribution is -2.49. The van der Waals surface area contributed by atoms with Gasteiger partial charge in [0.2, 0.25) is 5.91 Å². The number of piperazine rings is 1. The van der Waals surface area contributed by atoms with Gasteiger partial charge in [0.25, 0.3) is 0 Å². The number of carbonyl (C=O) groups is 1. The Kier molecular flexibility index (Phi) is 8.57. The maximum Gasteiger partial charge on any atom is 0.417 e. The van der Waals surface area contributed by atoms with Gasteiger partial charge in [-0.05, 0) is 55.4 Å². The van der Waals surface area contributed by atoms with E-state index in [0.29, 0.717) is 38.3 Å². The maximum atomic E-state index is 13.3. The number of ether oxygens (including phenoxy) is 1. The van der Waals surface area contributed by atoms with Crippen LogP contribution in [0.25, 0.3) is 0 Å². The van der Waals surface area contributed by atoms with Crippen molar-refractivity contribution in [1.29, 1.82) is 5.26 Å². The molecule has 10 heteroatoms. The van der Waals surface area contributed by atoms with Gasteiger partial charge in [-0.15, -0.1) is 0 Å². The smallest absolute Gasteiger partial charge is 0.417 e. The Balaban J connectivity index is 1.27. The second-order valence-electron chi connectivity index (χ2n) is 11.6. The highest BCUT2D eigenvalue weighted by Gasteiger charge is 2.34. The number of amides is 1. The van der Waals surface area contributed by atoms with E-state index in [-0.39, 0.29) is 29.0 Å². The van der Waals surface area contributed by atoms with Crippen LogP contribution in [-0.4, -0.2) is 54.1 Å². The van der Waals surface area contributed by atoms with Crippen molar-refractivity contribution in [2.45, 2.75) is 71.2 Å². The molecule has 1 amide bonds. The number of hydrogen-bond acceptors (Lipinski definition) is 6. The van der Waals surface area contributed by atoms with Crippen molar-refractivity contribution in [3.8, 4) is 11.8 Å². The molecule has 210 valence electrons. The van der Waals surface area contributed by atoms with Gasteiger partial charge in [0.1, 0.15) is 11.6 Å². The summed E-state index contributed by atoms with van der Waals surface area (Å²) in [5.74, 6) is 1.76. The van der Waals surface area contributed by atoms with Crippen molar-refractivity contribution in [2.24, 2.45) is 5.41 Å². The number of anilines is 2. The van der Waals surface area contributed by atoms with Crippen LogP contribution < -0.4 is 15.0 Å². The highest BCUT2D eigenvalue weighted by Crippen LogP contribution is 2.34. The summed E-state index contributed by atoms with van der Waals surface area (Å²) in [4.78, 5) is 21.2. The van der Waals surface area contributed by atoms with E-state index in [0.717, 1.165) is 43.3 Å². The first kappa shape index (κ1) is 28.5. The molecule has 0 bridgehead atoms. The van der Waals surface area contributed by atoms with Crippen LogP contribution in [-0.2, 0) is 11.0 Å². The van der Waals surface area contributed by atoms with Crippen molar-refractivity contribution < 1.29 is 22.7 Å². The summed E-state index contributed by atoms with van der Waals surface area (Å²) in [6.07, 6.45) is 0.764. The molecule has 1 saturated heterocycles. The zero-order valence-electron chi connectivity index (χ0n) is 22.7. The fourth-order valence-electron chi connectivity index (χ4n) is 5.12. The van der Waals surface area contributed by atoms with E-state index in [2.05, 4.69) is 36.0 Å². The third-order valence-corrected chi connectivity index (χ3v) is 7.15. The van der Waals surface area contributed by atoms with Gasteiger partial charge in [0, 0.05) is 56.6 Å². The third-order valence-electron chi connectivity index (χ3n) is 7.15. The van der Waals surface area contributed by atoms with E-state index in [9.17, 15) is 18.0 Å². The lowest BCUT2D eigenvalue weighted by atomic mass is 9.91. The predicted molar refractivity (Wildman–Crippen MR) is 144 cm³/mol. The minimum Gasteiger partial charge on any atom is -0.490 e. The van der Waals surface area contributed by atoms with E-state index < -0.39 is 11.7 Å². The number of benzene rings is 1. The van der Waals surface area contributed by atoms with Crippen LogP contribution in [0.2, 0.25) is 0 Å². The van der Waals surface area contributed by atoms with Crippen LogP contribution in [0, 0.1) is 16.7 Å². The number of nitriles is 1. The molecule has 1 aliphatic carbocycles. The van der Waals surface area contributed by atoms with Crippen LogP contribution in [0.5, 0.6) is 5.75 Å². The maximum absolute atomic E-state index is 13.3. The van der Waals surface area contributed by atoms with Crippen LogP contribution in [0.3, 0.4) is 0 Å². The molecule has 4 rings (SSSR count). The summed E-state index contributed by atoms with van der Waals surface area (Å²) < 4.78 is 46.1. The molecule has 7 nitrogen and oxygen atoms in total. The zero-order chi connectivity index (χ0) is 28.2. The molecule has 1 N–H and O–H groups in total. The summed E-state index contributed by atoms with van der Waals surface area (Å²) in [5, 5.41) is 12.2. The summed E-state index contributed by atoms with van der Waals surface area (Å²) >= 11 is 0. The zero-order valence-corrected chi connectivity index (χ0v) is 22.7. The van der Waals surface area contributed by atoms with Crippen LogP contribution in [0.4, 0.5) is 24.7 Å². The fraction of sp³-hybridized carbons (Fsp3) is 0.552. The van der Waals surface area contributed by atoms with E-state index >= 15 is 0 Å². The average Bonchev–Trinajstić information content (AvgIpc) is 2.88. The molecule has 2 aliphatic rings. The Morgan fingerprint density at radius 2 is 1.77 bits per heavy atom. The van der Waals surface area contributed by atoms with Crippen LogP contribution in [0.1, 0.15) is 64.0 Å². The molecule has 0 spiro atoms. The standard InChI is InChI=1S/C29H36F3N5O2/c1-28(2,3)18-27(38)37-14-12-36(13-15-37)26-17-24(10-11-34-26)39-23-8-6-21(7-9-23)35-22-5-4-20(19-33)25(16-22)29(30,31)32/h4-5,10-11,16-17,21,23,35H,6-9,12-15,18H2,1-3H3. The van der Waals surface area contributed by atoms with Gasteiger partial charge in [-0.2, -0.15) is 18.4 Å². The first-order valence-electron chi connectivity index (χ1n) is 13.4. The summed E-state index contributed by atoms with van der Waals surface area (Å²) in [6.45, 7) is 8.99. The normalized spacial score (nSPS) is 20.3. The number of carbonyl (C=O) groups excluding carboxylic acids is 1. The Labute approximate surface area is 227 Å². The Morgan fingerprint density at radius 1 is 1.08 bits per heavy atom. The average molecular weight is 544 g/mol. The minimum absolute atomic E-state index is 0.0110. The van der Waals surface area contributed by atoms with Crippen LogP contribution >= 0.6 is 0 Å². The Bertz CT molecular complexity index is 1190. The molecule has 39 heavy (non-hydrogen) atoms. The van der Waals surface area contributed by atoms with Crippen molar-refractivity contribution in [1.82, 2.24) is 9.88 Å². The topological polar surface area (TPSA) is 81.5 Å². The second kappa shape index (κ2) is 11.7. The minimum atomic E-state index is -4.57. The van der Waals surface area contributed by atoms with Gasteiger partial charge in [0.05, 0.1) is 23.3 Å². The molecule has 0 unspecified atom stereocenters. The number of nitrogens with zero attached hydrogens (tertiary/aromatic N) is 4. The molecule has 2 aromatic rings. The molecular weight excluding hydrogens is 507 g/mol. The Morgan fingerprint density at radius 3 is 2.38 bits per heavy atom.